The van der Waals surface area contributed by atoms with Crippen molar-refractivity contribution in [1.82, 2.24) is 5.32 Å². The van der Waals surface area contributed by atoms with Gasteiger partial charge in [0.2, 0.25) is 5.91 Å². The van der Waals surface area contributed by atoms with Gasteiger partial charge in [-0.1, -0.05) is 45.0 Å². The molecule has 1 aliphatic heterocycles. The molecule has 0 unspecified atom stereocenters. The molecule has 1 amide bonds. The van der Waals surface area contributed by atoms with E-state index in [-0.39, 0.29) is 22.8 Å². The first-order chi connectivity index (χ1) is 10.9. The number of hydrogen-bond acceptors (Lipinski definition) is 3. The second kappa shape index (κ2) is 6.25. The number of hydrogen-bond donors (Lipinski definition) is 1. The van der Waals surface area contributed by atoms with Crippen LogP contribution in [-0.2, 0) is 25.1 Å². The maximum absolute atomic E-state index is 12.6. The minimum Gasteiger partial charge on any atom is -0.376 e. The van der Waals surface area contributed by atoms with Gasteiger partial charge in [-0.25, -0.2) is 0 Å². The Morgan fingerprint density at radius 3 is 2.43 bits per heavy atom. The summed E-state index contributed by atoms with van der Waals surface area (Å²) in [6.07, 6.45) is 1.83. The van der Waals surface area contributed by atoms with Gasteiger partial charge in [-0.2, -0.15) is 0 Å². The fourth-order valence-electron chi connectivity index (χ4n) is 3.09. The number of ether oxygens (including phenoxy) is 2. The van der Waals surface area contributed by atoms with Crippen LogP contribution >= 0.6 is 0 Å². The van der Waals surface area contributed by atoms with E-state index in [1.807, 2.05) is 0 Å². The summed E-state index contributed by atoms with van der Waals surface area (Å²) >= 11 is 0. The zero-order valence-electron chi connectivity index (χ0n) is 14.4. The van der Waals surface area contributed by atoms with Crippen molar-refractivity contribution in [2.75, 3.05) is 26.4 Å². The maximum atomic E-state index is 12.6. The van der Waals surface area contributed by atoms with E-state index in [0.717, 1.165) is 18.4 Å². The zero-order chi connectivity index (χ0) is 16.5. The molecular weight excluding hydrogens is 290 g/mol. The molecule has 1 aromatic carbocycles. The van der Waals surface area contributed by atoms with Crippen molar-refractivity contribution in [3.8, 4) is 0 Å². The highest BCUT2D eigenvalue weighted by Crippen LogP contribution is 2.48. The molecule has 1 aromatic rings. The average molecular weight is 317 g/mol. The average Bonchev–Trinajstić information content (AvgIpc) is 3.35. The Morgan fingerprint density at radius 2 is 1.91 bits per heavy atom. The van der Waals surface area contributed by atoms with Gasteiger partial charge in [-0.05, 0) is 29.4 Å². The monoisotopic (exact) mass is 317 g/mol. The summed E-state index contributed by atoms with van der Waals surface area (Å²) in [5, 5.41) is 3.05. The zero-order valence-corrected chi connectivity index (χ0v) is 14.4. The summed E-state index contributed by atoms with van der Waals surface area (Å²) in [4.78, 5) is 12.6. The van der Waals surface area contributed by atoms with Gasteiger partial charge in [0.15, 0.2) is 0 Å². The van der Waals surface area contributed by atoms with Crippen molar-refractivity contribution in [3.63, 3.8) is 0 Å². The SMILES string of the molecule is CC(C)(C)c1ccc(C2(C(=O)NC[C@H]3COCCO3)CC2)cc1. The normalized spacial score (nSPS) is 23.3. The summed E-state index contributed by atoms with van der Waals surface area (Å²) in [5.74, 6) is 0.121. The van der Waals surface area contributed by atoms with E-state index in [1.165, 1.54) is 5.56 Å². The second-order valence-corrected chi connectivity index (χ2v) is 7.69. The predicted molar refractivity (Wildman–Crippen MR) is 89.6 cm³/mol. The number of benzene rings is 1. The van der Waals surface area contributed by atoms with E-state index >= 15 is 0 Å². The molecule has 1 N–H and O–H groups in total. The van der Waals surface area contributed by atoms with Crippen LogP contribution in [0.5, 0.6) is 0 Å². The third-order valence-electron chi connectivity index (χ3n) is 4.86. The van der Waals surface area contributed by atoms with Gasteiger partial charge in [0.1, 0.15) is 0 Å². The minimum absolute atomic E-state index is 0.0215. The van der Waals surface area contributed by atoms with Crippen LogP contribution in [0.2, 0.25) is 0 Å². The number of carbonyl (C=O) groups excluding carboxylic acids is 1. The second-order valence-electron chi connectivity index (χ2n) is 7.69. The van der Waals surface area contributed by atoms with Crippen molar-refractivity contribution in [1.29, 1.82) is 0 Å². The van der Waals surface area contributed by atoms with Crippen LogP contribution < -0.4 is 5.32 Å². The van der Waals surface area contributed by atoms with Crippen LogP contribution in [0.4, 0.5) is 0 Å². The first kappa shape index (κ1) is 16.5. The van der Waals surface area contributed by atoms with E-state index in [9.17, 15) is 4.79 Å². The number of amides is 1. The van der Waals surface area contributed by atoms with Crippen molar-refractivity contribution >= 4 is 5.91 Å². The highest BCUT2D eigenvalue weighted by atomic mass is 16.6. The summed E-state index contributed by atoms with van der Waals surface area (Å²) in [6, 6.07) is 8.54. The van der Waals surface area contributed by atoms with Gasteiger partial charge in [-0.3, -0.25) is 4.79 Å². The lowest BCUT2D eigenvalue weighted by atomic mass is 9.85. The highest BCUT2D eigenvalue weighted by molar-refractivity contribution is 5.91. The summed E-state index contributed by atoms with van der Waals surface area (Å²) < 4.78 is 10.9. The molecule has 0 spiro atoms. The molecule has 23 heavy (non-hydrogen) atoms. The Labute approximate surface area is 138 Å². The first-order valence-corrected chi connectivity index (χ1v) is 8.50. The molecular formula is C19H27NO3. The van der Waals surface area contributed by atoms with E-state index < -0.39 is 0 Å². The van der Waals surface area contributed by atoms with E-state index in [0.29, 0.717) is 26.4 Å². The lowest BCUT2D eigenvalue weighted by Crippen LogP contribution is -2.43. The smallest absolute Gasteiger partial charge is 0.230 e. The summed E-state index contributed by atoms with van der Waals surface area (Å²) in [6.45, 7) is 8.96. The largest absolute Gasteiger partial charge is 0.376 e. The molecule has 1 aliphatic carbocycles. The molecule has 4 heteroatoms. The lowest BCUT2D eigenvalue weighted by Gasteiger charge is -2.25. The van der Waals surface area contributed by atoms with Gasteiger partial charge in [-0.15, -0.1) is 0 Å². The van der Waals surface area contributed by atoms with Gasteiger partial charge in [0.05, 0.1) is 31.3 Å². The molecule has 4 nitrogen and oxygen atoms in total. The quantitative estimate of drug-likeness (QED) is 0.928. The summed E-state index contributed by atoms with van der Waals surface area (Å²) in [7, 11) is 0. The van der Waals surface area contributed by atoms with E-state index in [4.69, 9.17) is 9.47 Å². The third kappa shape index (κ3) is 3.59. The van der Waals surface area contributed by atoms with Gasteiger partial charge in [0.25, 0.3) is 0 Å². The Bertz CT molecular complexity index is 549. The van der Waals surface area contributed by atoms with Crippen LogP contribution in [0.25, 0.3) is 0 Å². The molecule has 0 bridgehead atoms. The first-order valence-electron chi connectivity index (χ1n) is 8.50. The van der Waals surface area contributed by atoms with Gasteiger partial charge >= 0.3 is 0 Å². The standard InChI is InChI=1S/C19H27NO3/c1-18(2,3)14-4-6-15(7-5-14)19(8-9-19)17(21)20-12-16-13-22-10-11-23-16/h4-7,16H,8-13H2,1-3H3,(H,20,21)/t16-/m0/s1. The molecule has 1 saturated heterocycles. The van der Waals surface area contributed by atoms with Crippen molar-refractivity contribution < 1.29 is 14.3 Å². The van der Waals surface area contributed by atoms with Gasteiger partial charge < -0.3 is 14.8 Å². The Kier molecular flexibility index (Phi) is 4.47. The number of carbonyl (C=O) groups is 1. The topological polar surface area (TPSA) is 47.6 Å². The van der Waals surface area contributed by atoms with Crippen LogP contribution in [0.1, 0.15) is 44.7 Å². The van der Waals surface area contributed by atoms with Crippen molar-refractivity contribution in [2.24, 2.45) is 0 Å². The van der Waals surface area contributed by atoms with Gasteiger partial charge in [0, 0.05) is 6.54 Å². The van der Waals surface area contributed by atoms with Crippen LogP contribution in [0.15, 0.2) is 24.3 Å². The molecule has 1 atom stereocenters. The Hall–Kier alpha value is -1.39. The molecule has 2 fully saturated rings. The molecule has 3 rings (SSSR count). The number of rotatable bonds is 4. The fraction of sp³-hybridized carbons (Fsp3) is 0.632. The van der Waals surface area contributed by atoms with Crippen LogP contribution in [0.3, 0.4) is 0 Å². The predicted octanol–water partition coefficient (Wildman–Crippen LogP) is 2.55. The van der Waals surface area contributed by atoms with E-state index in [1.54, 1.807) is 0 Å². The molecule has 1 saturated carbocycles. The van der Waals surface area contributed by atoms with Crippen LogP contribution in [-0.4, -0.2) is 38.4 Å². The molecule has 126 valence electrons. The lowest BCUT2D eigenvalue weighted by molar-refractivity contribution is -0.126. The van der Waals surface area contributed by atoms with E-state index in [2.05, 4.69) is 50.4 Å². The molecule has 1 heterocycles. The molecule has 0 aromatic heterocycles. The Balaban J connectivity index is 1.63. The third-order valence-corrected chi connectivity index (χ3v) is 4.86. The Morgan fingerprint density at radius 1 is 1.22 bits per heavy atom. The fourth-order valence-corrected chi connectivity index (χ4v) is 3.09. The molecule has 0 radical (unpaired) electrons. The van der Waals surface area contributed by atoms with Crippen LogP contribution in [0, 0.1) is 0 Å². The summed E-state index contributed by atoms with van der Waals surface area (Å²) in [5.41, 5.74) is 2.23. The number of nitrogens with one attached hydrogen (secondary N) is 1. The highest BCUT2D eigenvalue weighted by Gasteiger charge is 2.51. The molecule has 2 aliphatic rings. The minimum atomic E-state index is -0.327. The van der Waals surface area contributed by atoms with Crippen molar-refractivity contribution in [2.45, 2.75) is 50.5 Å². The maximum Gasteiger partial charge on any atom is 0.230 e. The van der Waals surface area contributed by atoms with Crippen molar-refractivity contribution in [3.05, 3.63) is 35.4 Å².